The van der Waals surface area contributed by atoms with E-state index in [1.54, 1.807) is 7.11 Å². The molecule has 2 unspecified atom stereocenters. The lowest BCUT2D eigenvalue weighted by atomic mass is 10.1. The average Bonchev–Trinajstić information content (AvgIpc) is 2.24. The molecule has 0 aliphatic rings. The normalized spacial score (nSPS) is 14.2. The van der Waals surface area contributed by atoms with Gasteiger partial charge in [-0.3, -0.25) is 4.79 Å². The van der Waals surface area contributed by atoms with Gasteiger partial charge in [-0.15, -0.1) is 0 Å². The third-order valence-corrected chi connectivity index (χ3v) is 2.65. The summed E-state index contributed by atoms with van der Waals surface area (Å²) in [7, 11) is 1.64. The van der Waals surface area contributed by atoms with Crippen molar-refractivity contribution in [3.8, 4) is 0 Å². The van der Waals surface area contributed by atoms with E-state index in [1.165, 1.54) is 0 Å². The summed E-state index contributed by atoms with van der Waals surface area (Å²) in [6, 6.07) is 0.0582. The first-order valence-electron chi connectivity index (χ1n) is 5.60. The van der Waals surface area contributed by atoms with E-state index in [0.29, 0.717) is 17.8 Å². The monoisotopic (exact) mass is 246 g/mol. The second-order valence-electron chi connectivity index (χ2n) is 3.93. The van der Waals surface area contributed by atoms with Gasteiger partial charge in [-0.1, -0.05) is 19.1 Å². The smallest absolute Gasteiger partial charge is 0.220 e. The van der Waals surface area contributed by atoms with Crippen LogP contribution in [0.5, 0.6) is 0 Å². The van der Waals surface area contributed by atoms with Crippen molar-refractivity contribution in [1.29, 1.82) is 0 Å². The molecule has 0 aromatic heterocycles. The number of thiocarbonyl (C=S) groups is 1. The van der Waals surface area contributed by atoms with E-state index in [1.807, 2.05) is 13.8 Å². The quantitative estimate of drug-likeness (QED) is 0.635. The van der Waals surface area contributed by atoms with Gasteiger partial charge in [0.25, 0.3) is 0 Å². The van der Waals surface area contributed by atoms with Crippen LogP contribution < -0.4 is 11.1 Å². The fourth-order valence-electron chi connectivity index (χ4n) is 1.29. The maximum absolute atomic E-state index is 11.6. The Balaban J connectivity index is 3.87. The largest absolute Gasteiger partial charge is 0.393 e. The highest BCUT2D eigenvalue weighted by Crippen LogP contribution is 2.02. The number of carbonyl (C=O) groups excluding carboxylic acids is 1. The summed E-state index contributed by atoms with van der Waals surface area (Å²) < 4.78 is 5.08. The zero-order valence-corrected chi connectivity index (χ0v) is 11.1. The predicted octanol–water partition coefficient (Wildman–Crippen LogP) is 1.37. The number of nitrogens with one attached hydrogen (secondary N) is 1. The lowest BCUT2D eigenvalue weighted by Gasteiger charge is -2.16. The Hall–Kier alpha value is -0.680. The molecule has 0 aliphatic heterocycles. The molecule has 0 rings (SSSR count). The lowest BCUT2D eigenvalue weighted by molar-refractivity contribution is -0.122. The first-order chi connectivity index (χ1) is 7.49. The van der Waals surface area contributed by atoms with Crippen molar-refractivity contribution in [3.63, 3.8) is 0 Å². The fourth-order valence-corrected chi connectivity index (χ4v) is 1.49. The summed E-state index contributed by atoms with van der Waals surface area (Å²) >= 11 is 4.82. The summed E-state index contributed by atoms with van der Waals surface area (Å²) in [6.07, 6.45) is 2.72. The Morgan fingerprint density at radius 1 is 1.56 bits per heavy atom. The summed E-state index contributed by atoms with van der Waals surface area (Å²) in [5.74, 6) is 0.0343. The van der Waals surface area contributed by atoms with E-state index < -0.39 is 0 Å². The second-order valence-corrected chi connectivity index (χ2v) is 4.45. The Bertz CT molecular complexity index is 234. The Kier molecular flexibility index (Phi) is 8.11. The molecule has 1 amide bonds. The number of methoxy groups -OCH3 is 1. The van der Waals surface area contributed by atoms with Gasteiger partial charge < -0.3 is 15.8 Å². The molecule has 3 N–H and O–H groups in total. The molecule has 0 aromatic carbocycles. The van der Waals surface area contributed by atoms with Gasteiger partial charge in [-0.25, -0.2) is 0 Å². The summed E-state index contributed by atoms with van der Waals surface area (Å²) in [5.41, 5.74) is 5.45. The van der Waals surface area contributed by atoms with E-state index in [-0.39, 0.29) is 18.1 Å². The van der Waals surface area contributed by atoms with Gasteiger partial charge in [0.05, 0.1) is 11.1 Å². The van der Waals surface area contributed by atoms with Gasteiger partial charge >= 0.3 is 0 Å². The minimum atomic E-state index is 0.0343. The molecule has 0 fully saturated rings. The van der Waals surface area contributed by atoms with E-state index in [2.05, 4.69) is 5.32 Å². The molecule has 4 nitrogen and oxygen atoms in total. The lowest BCUT2D eigenvalue weighted by Crippen LogP contribution is -2.37. The fraction of sp³-hybridized carbons (Fsp3) is 0.818. The second kappa shape index (κ2) is 8.47. The average molecular weight is 246 g/mol. The molecule has 94 valence electrons. The molecule has 16 heavy (non-hydrogen) atoms. The molecule has 0 aromatic rings. The van der Waals surface area contributed by atoms with Crippen LogP contribution >= 0.6 is 12.2 Å². The highest BCUT2D eigenvalue weighted by molar-refractivity contribution is 7.80. The Labute approximate surface area is 103 Å². The highest BCUT2D eigenvalue weighted by atomic mass is 32.1. The maximum atomic E-state index is 11.6. The van der Waals surface area contributed by atoms with Gasteiger partial charge in [-0.05, 0) is 19.8 Å². The van der Waals surface area contributed by atoms with Crippen molar-refractivity contribution >= 4 is 23.1 Å². The van der Waals surface area contributed by atoms with Crippen molar-refractivity contribution in [2.24, 2.45) is 5.73 Å². The number of carbonyl (C=O) groups is 1. The van der Waals surface area contributed by atoms with E-state index in [0.717, 1.165) is 12.8 Å². The molecular formula is C11H22N2O2S. The van der Waals surface area contributed by atoms with Crippen molar-refractivity contribution in [2.45, 2.75) is 51.7 Å². The predicted molar refractivity (Wildman–Crippen MR) is 69.3 cm³/mol. The minimum absolute atomic E-state index is 0.0343. The summed E-state index contributed by atoms with van der Waals surface area (Å²) in [6.45, 7) is 3.95. The molecule has 0 bridgehead atoms. The Morgan fingerprint density at radius 3 is 2.62 bits per heavy atom. The van der Waals surface area contributed by atoms with Gasteiger partial charge in [0.15, 0.2) is 0 Å². The van der Waals surface area contributed by atoms with Crippen LogP contribution in [0.4, 0.5) is 0 Å². The van der Waals surface area contributed by atoms with Crippen molar-refractivity contribution in [1.82, 2.24) is 5.32 Å². The zero-order valence-electron chi connectivity index (χ0n) is 10.3. The molecule has 0 saturated heterocycles. The van der Waals surface area contributed by atoms with Crippen LogP contribution in [0, 0.1) is 0 Å². The van der Waals surface area contributed by atoms with Gasteiger partial charge in [0, 0.05) is 26.0 Å². The van der Waals surface area contributed by atoms with Crippen LogP contribution in [0.2, 0.25) is 0 Å². The van der Waals surface area contributed by atoms with Crippen LogP contribution in [0.1, 0.15) is 39.5 Å². The first-order valence-corrected chi connectivity index (χ1v) is 6.00. The summed E-state index contributed by atoms with van der Waals surface area (Å²) in [5, 5.41) is 2.92. The van der Waals surface area contributed by atoms with Gasteiger partial charge in [0.1, 0.15) is 0 Å². The van der Waals surface area contributed by atoms with E-state index in [4.69, 9.17) is 22.7 Å². The topological polar surface area (TPSA) is 64.3 Å². The SMILES string of the molecule is CCC(CC(N)=S)NC(=O)CCC(C)OC. The first kappa shape index (κ1) is 15.3. The third kappa shape index (κ3) is 7.59. The minimum Gasteiger partial charge on any atom is -0.393 e. The van der Waals surface area contributed by atoms with Crippen molar-refractivity contribution in [2.75, 3.05) is 7.11 Å². The molecule has 0 spiro atoms. The molecular weight excluding hydrogens is 224 g/mol. The van der Waals surface area contributed by atoms with Crippen LogP contribution in [-0.4, -0.2) is 30.2 Å². The molecule has 2 atom stereocenters. The van der Waals surface area contributed by atoms with Gasteiger partial charge in [-0.2, -0.15) is 0 Å². The van der Waals surface area contributed by atoms with Crippen LogP contribution in [0.15, 0.2) is 0 Å². The van der Waals surface area contributed by atoms with Gasteiger partial charge in [0.2, 0.25) is 5.91 Å². The highest BCUT2D eigenvalue weighted by Gasteiger charge is 2.12. The molecule has 0 aliphatic carbocycles. The Morgan fingerprint density at radius 2 is 2.19 bits per heavy atom. The van der Waals surface area contributed by atoms with Crippen LogP contribution in [0.3, 0.4) is 0 Å². The molecule has 0 saturated carbocycles. The molecule has 0 radical (unpaired) electrons. The summed E-state index contributed by atoms with van der Waals surface area (Å²) in [4.78, 5) is 12.0. The van der Waals surface area contributed by atoms with Crippen LogP contribution in [-0.2, 0) is 9.53 Å². The number of nitrogens with two attached hydrogens (primary N) is 1. The zero-order chi connectivity index (χ0) is 12.6. The number of rotatable bonds is 8. The van der Waals surface area contributed by atoms with E-state index >= 15 is 0 Å². The number of hydrogen-bond donors (Lipinski definition) is 2. The molecule has 0 heterocycles. The number of amides is 1. The van der Waals surface area contributed by atoms with Crippen molar-refractivity contribution in [3.05, 3.63) is 0 Å². The maximum Gasteiger partial charge on any atom is 0.220 e. The number of hydrogen-bond acceptors (Lipinski definition) is 3. The molecule has 5 heteroatoms. The third-order valence-electron chi connectivity index (χ3n) is 2.49. The standard InChI is InChI=1S/C11H22N2O2S/c1-4-9(7-10(12)16)13-11(14)6-5-8(2)15-3/h8-9H,4-7H2,1-3H3,(H2,12,16)(H,13,14). The van der Waals surface area contributed by atoms with Crippen LogP contribution in [0.25, 0.3) is 0 Å². The van der Waals surface area contributed by atoms with Crippen molar-refractivity contribution < 1.29 is 9.53 Å². The number of ether oxygens (including phenoxy) is 1. The van der Waals surface area contributed by atoms with E-state index in [9.17, 15) is 4.79 Å².